The van der Waals surface area contributed by atoms with Gasteiger partial charge < -0.3 is 0 Å². The molecule has 0 radical (unpaired) electrons. The number of hydrogen-bond donors (Lipinski definition) is 0. The first-order valence-electron chi connectivity index (χ1n) is 8.33. The number of nitrogens with zero attached hydrogens (tertiary/aromatic N) is 1. The van der Waals surface area contributed by atoms with E-state index in [4.69, 9.17) is 0 Å². The van der Waals surface area contributed by atoms with Gasteiger partial charge in [0.25, 0.3) is 5.70 Å². The van der Waals surface area contributed by atoms with Crippen molar-refractivity contribution in [1.82, 2.24) is 0 Å². The highest BCUT2D eigenvalue weighted by Gasteiger charge is 2.52. The molecule has 4 aliphatic carbocycles. The van der Waals surface area contributed by atoms with E-state index >= 15 is 0 Å². The van der Waals surface area contributed by atoms with E-state index in [0.29, 0.717) is 22.9 Å². The first kappa shape index (κ1) is 13.3. The quantitative estimate of drug-likeness (QED) is 0.526. The van der Waals surface area contributed by atoms with E-state index in [1.54, 1.807) is 6.08 Å². The zero-order valence-electron chi connectivity index (χ0n) is 12.6. The molecule has 0 spiro atoms. The molecule has 2 saturated carbocycles. The summed E-state index contributed by atoms with van der Waals surface area (Å²) in [6, 6.07) is 0. The molecule has 3 heteroatoms. The molecule has 3 nitrogen and oxygen atoms in total. The Bertz CT molecular complexity index is 574. The Morgan fingerprint density at radius 1 is 1.29 bits per heavy atom. The summed E-state index contributed by atoms with van der Waals surface area (Å²) in [4.78, 5) is 11.1. The standard InChI is InChI=1S/C18H23NO2/c1-18-10-3-5-16(18)14-7-8-15-12(13(14)9-11-18)4-2-6-17(15)19(20)21/h2,4,6,8,12-14,16H,3,5,7,9-11H2,1H3/t12-,13-,14-,16+,18+/m1/s1. The van der Waals surface area contributed by atoms with Gasteiger partial charge in [-0.2, -0.15) is 0 Å². The lowest BCUT2D eigenvalue weighted by molar-refractivity contribution is -0.421. The van der Waals surface area contributed by atoms with E-state index in [9.17, 15) is 10.1 Å². The molecule has 4 rings (SSSR count). The Labute approximate surface area is 126 Å². The van der Waals surface area contributed by atoms with E-state index in [1.807, 2.05) is 6.08 Å². The summed E-state index contributed by atoms with van der Waals surface area (Å²) in [5.74, 6) is 2.50. The fourth-order valence-corrected chi connectivity index (χ4v) is 5.78. The van der Waals surface area contributed by atoms with Crippen molar-refractivity contribution >= 4 is 0 Å². The van der Waals surface area contributed by atoms with Crippen LogP contribution in [0.5, 0.6) is 0 Å². The van der Waals surface area contributed by atoms with E-state index in [-0.39, 0.29) is 4.92 Å². The van der Waals surface area contributed by atoms with Crippen LogP contribution in [0.3, 0.4) is 0 Å². The van der Waals surface area contributed by atoms with Crippen molar-refractivity contribution < 1.29 is 4.92 Å². The molecule has 0 heterocycles. The molecule has 0 saturated heterocycles. The molecule has 0 aliphatic heterocycles. The molecule has 2 fully saturated rings. The van der Waals surface area contributed by atoms with Gasteiger partial charge in [-0.1, -0.05) is 31.6 Å². The van der Waals surface area contributed by atoms with E-state index in [1.165, 1.54) is 32.1 Å². The van der Waals surface area contributed by atoms with Crippen molar-refractivity contribution in [2.45, 2.75) is 45.4 Å². The van der Waals surface area contributed by atoms with Gasteiger partial charge in [0.15, 0.2) is 0 Å². The molecule has 21 heavy (non-hydrogen) atoms. The molecule has 5 atom stereocenters. The van der Waals surface area contributed by atoms with Crippen molar-refractivity contribution in [3.63, 3.8) is 0 Å². The molecular weight excluding hydrogens is 262 g/mol. The van der Waals surface area contributed by atoms with Gasteiger partial charge in [0, 0.05) is 17.6 Å². The van der Waals surface area contributed by atoms with Crippen LogP contribution < -0.4 is 0 Å². The predicted molar refractivity (Wildman–Crippen MR) is 82.1 cm³/mol. The van der Waals surface area contributed by atoms with Gasteiger partial charge >= 0.3 is 0 Å². The van der Waals surface area contributed by atoms with Gasteiger partial charge in [0.2, 0.25) is 0 Å². The summed E-state index contributed by atoms with van der Waals surface area (Å²) in [5, 5.41) is 11.3. The Morgan fingerprint density at radius 3 is 2.95 bits per heavy atom. The Kier molecular flexibility index (Phi) is 2.88. The summed E-state index contributed by atoms with van der Waals surface area (Å²) in [7, 11) is 0. The second kappa shape index (κ2) is 4.56. The van der Waals surface area contributed by atoms with E-state index in [0.717, 1.165) is 23.8 Å². The highest BCUT2D eigenvalue weighted by atomic mass is 16.6. The van der Waals surface area contributed by atoms with Crippen LogP contribution in [0.1, 0.15) is 45.4 Å². The maximum absolute atomic E-state index is 11.3. The largest absolute Gasteiger partial charge is 0.272 e. The number of allylic oxidation sites excluding steroid dienone is 5. The molecule has 0 unspecified atom stereocenters. The van der Waals surface area contributed by atoms with Crippen molar-refractivity contribution in [1.29, 1.82) is 0 Å². The monoisotopic (exact) mass is 285 g/mol. The van der Waals surface area contributed by atoms with Gasteiger partial charge in [-0.15, -0.1) is 0 Å². The van der Waals surface area contributed by atoms with E-state index in [2.05, 4.69) is 19.1 Å². The Balaban J connectivity index is 1.69. The summed E-state index contributed by atoms with van der Waals surface area (Å²) in [5.41, 5.74) is 1.87. The van der Waals surface area contributed by atoms with Crippen molar-refractivity contribution in [2.75, 3.05) is 0 Å². The summed E-state index contributed by atoms with van der Waals surface area (Å²) < 4.78 is 0. The van der Waals surface area contributed by atoms with Crippen LogP contribution in [0.2, 0.25) is 0 Å². The summed E-state index contributed by atoms with van der Waals surface area (Å²) >= 11 is 0. The fraction of sp³-hybridized carbons (Fsp3) is 0.667. The molecule has 4 aliphatic rings. The zero-order chi connectivity index (χ0) is 14.6. The van der Waals surface area contributed by atoms with Gasteiger partial charge in [-0.3, -0.25) is 10.1 Å². The van der Waals surface area contributed by atoms with Crippen LogP contribution in [-0.4, -0.2) is 4.92 Å². The lowest BCUT2D eigenvalue weighted by Gasteiger charge is -2.50. The zero-order valence-corrected chi connectivity index (χ0v) is 12.6. The number of fused-ring (bicyclic) bond motifs is 5. The number of nitro groups is 1. The minimum atomic E-state index is -0.203. The Morgan fingerprint density at radius 2 is 2.14 bits per heavy atom. The molecule has 0 aromatic rings. The minimum absolute atomic E-state index is 0.203. The third kappa shape index (κ3) is 1.86. The predicted octanol–water partition coefficient (Wildman–Crippen LogP) is 4.50. The Hall–Kier alpha value is -1.38. The molecule has 0 N–H and O–H groups in total. The number of rotatable bonds is 1. The molecule has 0 amide bonds. The first-order chi connectivity index (χ1) is 10.1. The van der Waals surface area contributed by atoms with Crippen molar-refractivity contribution in [3.05, 3.63) is 45.7 Å². The second-order valence-electron chi connectivity index (χ2n) is 7.63. The summed E-state index contributed by atoms with van der Waals surface area (Å²) in [6.45, 7) is 2.49. The SMILES string of the molecule is C[C@@]12CCC[C@H]1[C@@H]1CC=C3C([N+](=O)[O-])=CC=C[C@@H]3[C@H]1CC2. The molecule has 112 valence electrons. The third-order valence-corrected chi connectivity index (χ3v) is 6.77. The lowest BCUT2D eigenvalue weighted by Crippen LogP contribution is -2.43. The van der Waals surface area contributed by atoms with Crippen LogP contribution in [0.15, 0.2) is 35.6 Å². The highest BCUT2D eigenvalue weighted by Crippen LogP contribution is 2.60. The van der Waals surface area contributed by atoms with Gasteiger partial charge in [0.05, 0.1) is 4.92 Å². The maximum Gasteiger partial charge on any atom is 0.272 e. The average molecular weight is 285 g/mol. The topological polar surface area (TPSA) is 43.1 Å². The average Bonchev–Trinajstić information content (AvgIpc) is 2.88. The molecule has 0 aromatic heterocycles. The normalized spacial score (nSPS) is 44.2. The number of hydrogen-bond acceptors (Lipinski definition) is 2. The van der Waals surface area contributed by atoms with Crippen LogP contribution in [-0.2, 0) is 0 Å². The molecule has 0 aromatic carbocycles. The minimum Gasteiger partial charge on any atom is -0.258 e. The van der Waals surface area contributed by atoms with Crippen molar-refractivity contribution in [3.8, 4) is 0 Å². The first-order valence-corrected chi connectivity index (χ1v) is 8.33. The van der Waals surface area contributed by atoms with Crippen LogP contribution in [0.25, 0.3) is 0 Å². The smallest absolute Gasteiger partial charge is 0.258 e. The van der Waals surface area contributed by atoms with Crippen molar-refractivity contribution in [2.24, 2.45) is 29.1 Å². The third-order valence-electron chi connectivity index (χ3n) is 6.77. The molecular formula is C18H23NO2. The summed E-state index contributed by atoms with van der Waals surface area (Å²) in [6.07, 6.45) is 15.7. The highest BCUT2D eigenvalue weighted by molar-refractivity contribution is 5.40. The molecule has 0 bridgehead atoms. The second-order valence-corrected chi connectivity index (χ2v) is 7.63. The van der Waals surface area contributed by atoms with Crippen LogP contribution in [0, 0.1) is 39.2 Å². The van der Waals surface area contributed by atoms with Crippen LogP contribution in [0.4, 0.5) is 0 Å². The van der Waals surface area contributed by atoms with Gasteiger partial charge in [-0.25, -0.2) is 0 Å². The van der Waals surface area contributed by atoms with Gasteiger partial charge in [-0.05, 0) is 55.3 Å². The van der Waals surface area contributed by atoms with Gasteiger partial charge in [0.1, 0.15) is 0 Å². The fourth-order valence-electron chi connectivity index (χ4n) is 5.78. The van der Waals surface area contributed by atoms with E-state index < -0.39 is 0 Å². The lowest BCUT2D eigenvalue weighted by atomic mass is 9.54. The maximum atomic E-state index is 11.3. The van der Waals surface area contributed by atoms with Crippen LogP contribution >= 0.6 is 0 Å².